The third-order valence-electron chi connectivity index (χ3n) is 3.30. The predicted molar refractivity (Wildman–Crippen MR) is 82.8 cm³/mol. The molecule has 1 aromatic rings. The number of likely N-dealkylation sites (tertiary alicyclic amines) is 1. The third-order valence-corrected chi connectivity index (χ3v) is 5.41. The maximum atomic E-state index is 12.1. The second-order valence-corrected chi connectivity index (χ2v) is 7.04. The highest BCUT2D eigenvalue weighted by Gasteiger charge is 2.23. The molecule has 1 aliphatic rings. The number of hydrogen-bond donors (Lipinski definition) is 1. The fourth-order valence-electron chi connectivity index (χ4n) is 2.15. The van der Waals surface area contributed by atoms with Crippen LogP contribution in [0.5, 0.6) is 0 Å². The lowest BCUT2D eigenvalue weighted by atomic mass is 10.1. The van der Waals surface area contributed by atoms with Gasteiger partial charge in [0, 0.05) is 13.1 Å². The van der Waals surface area contributed by atoms with Crippen molar-refractivity contribution < 1.29 is 19.4 Å². The van der Waals surface area contributed by atoms with Crippen LogP contribution in [0.3, 0.4) is 0 Å². The van der Waals surface area contributed by atoms with Crippen molar-refractivity contribution in [1.29, 1.82) is 0 Å². The standard InChI is InChI=1S/C14H19NO4S2/c16-12(10-21-14-2-1-9-20-14)15-6-3-11(4-7-15)19-8-5-13(17)18/h1-2,9,11H,3-8,10H2,(H,17,18). The monoisotopic (exact) mass is 329 g/mol. The summed E-state index contributed by atoms with van der Waals surface area (Å²) in [5.41, 5.74) is 0. The van der Waals surface area contributed by atoms with E-state index in [0.717, 1.165) is 17.1 Å². The Hall–Kier alpha value is -1.05. The number of carboxylic acid groups (broad SMARTS) is 1. The minimum atomic E-state index is -0.840. The molecule has 21 heavy (non-hydrogen) atoms. The maximum Gasteiger partial charge on any atom is 0.305 e. The Morgan fingerprint density at radius 2 is 2.19 bits per heavy atom. The summed E-state index contributed by atoms with van der Waals surface area (Å²) in [6.45, 7) is 1.64. The first-order valence-corrected chi connectivity index (χ1v) is 8.79. The molecule has 0 radical (unpaired) electrons. The first-order valence-electron chi connectivity index (χ1n) is 6.92. The fourth-order valence-corrected chi connectivity index (χ4v) is 3.84. The molecule has 1 aliphatic heterocycles. The number of thioether (sulfide) groups is 1. The summed E-state index contributed by atoms with van der Waals surface area (Å²) in [6, 6.07) is 4.00. The van der Waals surface area contributed by atoms with Crippen molar-refractivity contribution in [3.63, 3.8) is 0 Å². The van der Waals surface area contributed by atoms with Crippen LogP contribution < -0.4 is 0 Å². The van der Waals surface area contributed by atoms with Crippen LogP contribution in [0.2, 0.25) is 0 Å². The molecule has 1 saturated heterocycles. The van der Waals surface area contributed by atoms with Crippen LogP contribution in [0.4, 0.5) is 0 Å². The van der Waals surface area contributed by atoms with Gasteiger partial charge in [-0.2, -0.15) is 0 Å². The minimum absolute atomic E-state index is 0.0383. The second-order valence-electron chi connectivity index (χ2n) is 4.82. The van der Waals surface area contributed by atoms with Crippen molar-refractivity contribution >= 4 is 35.0 Å². The molecule has 0 aliphatic carbocycles. The van der Waals surface area contributed by atoms with Gasteiger partial charge >= 0.3 is 5.97 Å². The van der Waals surface area contributed by atoms with Crippen LogP contribution in [0.25, 0.3) is 0 Å². The molecule has 1 N–H and O–H groups in total. The zero-order chi connectivity index (χ0) is 15.1. The Bertz CT molecular complexity index is 456. The van der Waals surface area contributed by atoms with Gasteiger partial charge in [-0.15, -0.1) is 23.1 Å². The maximum absolute atomic E-state index is 12.1. The lowest BCUT2D eigenvalue weighted by Gasteiger charge is -2.31. The normalized spacial score (nSPS) is 16.1. The van der Waals surface area contributed by atoms with E-state index in [-0.39, 0.29) is 25.0 Å². The molecule has 0 unspecified atom stereocenters. The van der Waals surface area contributed by atoms with Crippen LogP contribution in [0.1, 0.15) is 19.3 Å². The zero-order valence-corrected chi connectivity index (χ0v) is 13.3. The van der Waals surface area contributed by atoms with Gasteiger partial charge in [0.15, 0.2) is 0 Å². The van der Waals surface area contributed by atoms with E-state index in [4.69, 9.17) is 9.84 Å². The number of hydrogen-bond acceptors (Lipinski definition) is 5. The van der Waals surface area contributed by atoms with Gasteiger partial charge in [-0.05, 0) is 24.3 Å². The van der Waals surface area contributed by atoms with Crippen molar-refractivity contribution in [2.45, 2.75) is 29.6 Å². The van der Waals surface area contributed by atoms with Crippen molar-refractivity contribution in [2.24, 2.45) is 0 Å². The Labute approximate surface area is 132 Å². The molecular weight excluding hydrogens is 310 g/mol. The molecule has 0 aromatic carbocycles. The number of aliphatic carboxylic acids is 1. The predicted octanol–water partition coefficient (Wildman–Crippen LogP) is 2.32. The number of carbonyl (C=O) groups excluding carboxylic acids is 1. The number of thiophene rings is 1. The van der Waals surface area contributed by atoms with Gasteiger partial charge in [0.2, 0.25) is 5.91 Å². The molecule has 7 heteroatoms. The zero-order valence-electron chi connectivity index (χ0n) is 11.7. The second kappa shape index (κ2) is 8.41. The van der Waals surface area contributed by atoms with E-state index in [9.17, 15) is 9.59 Å². The molecule has 0 spiro atoms. The number of carbonyl (C=O) groups is 2. The highest BCUT2D eigenvalue weighted by atomic mass is 32.2. The Kier molecular flexibility index (Phi) is 6.53. The molecule has 1 aromatic heterocycles. The topological polar surface area (TPSA) is 66.8 Å². The summed E-state index contributed by atoms with van der Waals surface area (Å²) in [6.07, 6.45) is 1.69. The van der Waals surface area contributed by atoms with Crippen LogP contribution in [0.15, 0.2) is 21.7 Å². The summed E-state index contributed by atoms with van der Waals surface area (Å²) < 4.78 is 6.68. The lowest BCUT2D eigenvalue weighted by Crippen LogP contribution is -2.41. The first kappa shape index (κ1) is 16.3. The van der Waals surface area contributed by atoms with Crippen molar-refractivity contribution in [3.05, 3.63) is 17.5 Å². The average Bonchev–Trinajstić information content (AvgIpc) is 2.98. The van der Waals surface area contributed by atoms with E-state index in [1.807, 2.05) is 22.4 Å². The summed E-state index contributed by atoms with van der Waals surface area (Å²) in [5.74, 6) is -0.198. The largest absolute Gasteiger partial charge is 0.481 e. The van der Waals surface area contributed by atoms with Crippen LogP contribution in [-0.2, 0) is 14.3 Å². The fraction of sp³-hybridized carbons (Fsp3) is 0.571. The number of carboxylic acids is 1. The van der Waals surface area contributed by atoms with E-state index in [0.29, 0.717) is 18.8 Å². The highest BCUT2D eigenvalue weighted by molar-refractivity contribution is 8.01. The molecule has 5 nitrogen and oxygen atoms in total. The molecule has 116 valence electrons. The average molecular weight is 329 g/mol. The Morgan fingerprint density at radius 1 is 1.43 bits per heavy atom. The van der Waals surface area contributed by atoms with E-state index < -0.39 is 5.97 Å². The molecule has 2 heterocycles. The summed E-state index contributed by atoms with van der Waals surface area (Å²) in [4.78, 5) is 24.4. The molecule has 2 rings (SSSR count). The number of rotatable bonds is 7. The van der Waals surface area contributed by atoms with E-state index in [1.165, 1.54) is 0 Å². The quantitative estimate of drug-likeness (QED) is 0.778. The summed E-state index contributed by atoms with van der Waals surface area (Å²) in [7, 11) is 0. The van der Waals surface area contributed by atoms with Gasteiger partial charge in [0.25, 0.3) is 0 Å². The minimum Gasteiger partial charge on any atom is -0.481 e. The van der Waals surface area contributed by atoms with Gasteiger partial charge in [-0.3, -0.25) is 9.59 Å². The van der Waals surface area contributed by atoms with Gasteiger partial charge in [0.1, 0.15) is 0 Å². The van der Waals surface area contributed by atoms with Crippen LogP contribution in [-0.4, -0.2) is 53.4 Å². The Balaban J connectivity index is 1.63. The SMILES string of the molecule is O=C(O)CCOC1CCN(C(=O)CSc2cccs2)CC1. The van der Waals surface area contributed by atoms with Crippen molar-refractivity contribution in [2.75, 3.05) is 25.4 Å². The third kappa shape index (κ3) is 5.68. The lowest BCUT2D eigenvalue weighted by molar-refractivity contribution is -0.139. The van der Waals surface area contributed by atoms with Crippen molar-refractivity contribution in [1.82, 2.24) is 4.90 Å². The van der Waals surface area contributed by atoms with E-state index in [1.54, 1.807) is 23.1 Å². The number of amides is 1. The smallest absolute Gasteiger partial charge is 0.305 e. The van der Waals surface area contributed by atoms with Gasteiger partial charge in [-0.25, -0.2) is 0 Å². The van der Waals surface area contributed by atoms with E-state index in [2.05, 4.69) is 0 Å². The van der Waals surface area contributed by atoms with Gasteiger partial charge < -0.3 is 14.7 Å². The molecule has 1 fully saturated rings. The molecule has 0 bridgehead atoms. The molecule has 0 atom stereocenters. The number of nitrogens with zero attached hydrogens (tertiary/aromatic N) is 1. The van der Waals surface area contributed by atoms with Gasteiger partial charge in [0.05, 0.1) is 29.1 Å². The first-order chi connectivity index (χ1) is 10.1. The highest BCUT2D eigenvalue weighted by Crippen LogP contribution is 2.24. The van der Waals surface area contributed by atoms with E-state index >= 15 is 0 Å². The summed E-state index contributed by atoms with van der Waals surface area (Å²) >= 11 is 3.23. The molecular formula is C14H19NO4S2. The number of piperidine rings is 1. The molecule has 0 saturated carbocycles. The van der Waals surface area contributed by atoms with Crippen molar-refractivity contribution in [3.8, 4) is 0 Å². The summed E-state index contributed by atoms with van der Waals surface area (Å²) in [5, 5.41) is 10.6. The molecule has 1 amide bonds. The van der Waals surface area contributed by atoms with Crippen LogP contribution in [0, 0.1) is 0 Å². The Morgan fingerprint density at radius 3 is 2.81 bits per heavy atom. The van der Waals surface area contributed by atoms with Gasteiger partial charge in [-0.1, -0.05) is 6.07 Å². The van der Waals surface area contributed by atoms with Crippen LogP contribution >= 0.6 is 23.1 Å². The number of ether oxygens (including phenoxy) is 1.